The molecule has 4 nitrogen and oxygen atoms in total. The predicted octanol–water partition coefficient (Wildman–Crippen LogP) is 5.33. The summed E-state index contributed by atoms with van der Waals surface area (Å²) in [6.07, 6.45) is -3.72. The van der Waals surface area contributed by atoms with Gasteiger partial charge < -0.3 is 0 Å². The van der Waals surface area contributed by atoms with E-state index >= 15 is 0 Å². The first-order valence-corrected chi connectivity index (χ1v) is 9.85. The molecule has 1 aromatic heterocycles. The number of pyridine rings is 1. The van der Waals surface area contributed by atoms with Gasteiger partial charge in [-0.1, -0.05) is 28.1 Å². The second-order valence-corrected chi connectivity index (χ2v) is 8.17. The Balaban J connectivity index is 1.86. The Bertz CT molecular complexity index is 1050. The fraction of sp³-hybridized carbons (Fsp3) is 0.0556. The fourth-order valence-corrected chi connectivity index (χ4v) is 3.62. The van der Waals surface area contributed by atoms with Crippen LogP contribution in [0.4, 0.5) is 18.9 Å². The van der Waals surface area contributed by atoms with Crippen molar-refractivity contribution in [2.75, 3.05) is 4.72 Å². The van der Waals surface area contributed by atoms with Crippen LogP contribution < -0.4 is 4.72 Å². The van der Waals surface area contributed by atoms with E-state index in [-0.39, 0.29) is 10.6 Å². The molecule has 0 fully saturated rings. The van der Waals surface area contributed by atoms with Crippen molar-refractivity contribution in [3.05, 3.63) is 76.9 Å². The number of nitrogens with zero attached hydrogens (tertiary/aromatic N) is 1. The van der Waals surface area contributed by atoms with Crippen molar-refractivity contribution in [3.63, 3.8) is 0 Å². The molecule has 0 aliphatic heterocycles. The van der Waals surface area contributed by atoms with Crippen molar-refractivity contribution in [2.45, 2.75) is 11.1 Å². The molecule has 2 aromatic carbocycles. The molecule has 0 bridgehead atoms. The Morgan fingerprint density at radius 1 is 0.963 bits per heavy atom. The molecule has 0 radical (unpaired) electrons. The SMILES string of the molecule is O=S(=O)(Nc1cccc(-c2ccc(C(F)(F)F)cn2)c1)c1ccc(Br)cc1. The summed E-state index contributed by atoms with van der Waals surface area (Å²) >= 11 is 3.24. The Kier molecular flexibility index (Phi) is 5.25. The first-order valence-electron chi connectivity index (χ1n) is 7.57. The summed E-state index contributed by atoms with van der Waals surface area (Å²) in [5.41, 5.74) is 0.211. The first-order chi connectivity index (χ1) is 12.6. The molecule has 1 heterocycles. The number of nitrogens with one attached hydrogen (secondary N) is 1. The molecule has 0 amide bonds. The number of sulfonamides is 1. The highest BCUT2D eigenvalue weighted by atomic mass is 79.9. The lowest BCUT2D eigenvalue weighted by Crippen LogP contribution is -2.12. The average molecular weight is 457 g/mol. The van der Waals surface area contributed by atoms with Crippen LogP contribution in [0, 0.1) is 0 Å². The van der Waals surface area contributed by atoms with Crippen molar-refractivity contribution in [2.24, 2.45) is 0 Å². The van der Waals surface area contributed by atoms with Crippen LogP contribution in [-0.4, -0.2) is 13.4 Å². The van der Waals surface area contributed by atoms with Gasteiger partial charge in [0, 0.05) is 21.9 Å². The van der Waals surface area contributed by atoms with Crippen LogP contribution in [0.3, 0.4) is 0 Å². The van der Waals surface area contributed by atoms with Gasteiger partial charge in [-0.3, -0.25) is 9.71 Å². The van der Waals surface area contributed by atoms with Gasteiger partial charge in [0.25, 0.3) is 10.0 Å². The fourth-order valence-electron chi connectivity index (χ4n) is 2.30. The zero-order valence-electron chi connectivity index (χ0n) is 13.5. The van der Waals surface area contributed by atoms with E-state index in [0.717, 1.165) is 16.7 Å². The second-order valence-electron chi connectivity index (χ2n) is 5.57. The Morgan fingerprint density at radius 3 is 2.26 bits per heavy atom. The third-order valence-electron chi connectivity index (χ3n) is 3.63. The molecule has 140 valence electrons. The molecule has 1 N–H and O–H groups in total. The van der Waals surface area contributed by atoms with Gasteiger partial charge in [-0.05, 0) is 48.5 Å². The zero-order chi connectivity index (χ0) is 19.7. The van der Waals surface area contributed by atoms with Gasteiger partial charge in [-0.25, -0.2) is 8.42 Å². The molecule has 0 saturated carbocycles. The van der Waals surface area contributed by atoms with Crippen molar-refractivity contribution in [1.82, 2.24) is 4.98 Å². The summed E-state index contributed by atoms with van der Waals surface area (Å²) in [6.45, 7) is 0. The van der Waals surface area contributed by atoms with E-state index in [0.29, 0.717) is 11.3 Å². The molecule has 0 aliphatic carbocycles. The number of alkyl halides is 3. The normalized spacial score (nSPS) is 12.0. The number of benzene rings is 2. The molecule has 27 heavy (non-hydrogen) atoms. The summed E-state index contributed by atoms with van der Waals surface area (Å²) in [5, 5.41) is 0. The van der Waals surface area contributed by atoms with Crippen LogP contribution in [0.25, 0.3) is 11.3 Å². The number of anilines is 1. The standard InChI is InChI=1S/C18H12BrF3N2O2S/c19-14-5-7-16(8-6-14)27(25,26)24-15-3-1-2-12(10-15)17-9-4-13(11-23-17)18(20,21)22/h1-11,24H. The van der Waals surface area contributed by atoms with Gasteiger partial charge in [-0.2, -0.15) is 13.2 Å². The number of rotatable bonds is 4. The number of hydrogen-bond donors (Lipinski definition) is 1. The largest absolute Gasteiger partial charge is 0.417 e. The van der Waals surface area contributed by atoms with Crippen LogP contribution in [0.5, 0.6) is 0 Å². The minimum absolute atomic E-state index is 0.0868. The topological polar surface area (TPSA) is 59.1 Å². The first kappa shape index (κ1) is 19.4. The van der Waals surface area contributed by atoms with Crippen molar-refractivity contribution in [1.29, 1.82) is 0 Å². The maximum Gasteiger partial charge on any atom is 0.417 e. The molecule has 0 spiro atoms. The van der Waals surface area contributed by atoms with Crippen LogP contribution in [-0.2, 0) is 16.2 Å². The summed E-state index contributed by atoms with van der Waals surface area (Å²) in [7, 11) is -3.80. The highest BCUT2D eigenvalue weighted by molar-refractivity contribution is 9.10. The third kappa shape index (κ3) is 4.67. The number of aromatic nitrogens is 1. The second kappa shape index (κ2) is 7.32. The van der Waals surface area contributed by atoms with Gasteiger partial charge in [0.1, 0.15) is 0 Å². The zero-order valence-corrected chi connectivity index (χ0v) is 15.9. The maximum absolute atomic E-state index is 12.6. The summed E-state index contributed by atoms with van der Waals surface area (Å²) < 4.78 is 66.0. The van der Waals surface area contributed by atoms with E-state index in [4.69, 9.17) is 0 Å². The van der Waals surface area contributed by atoms with E-state index in [1.165, 1.54) is 24.3 Å². The van der Waals surface area contributed by atoms with Gasteiger partial charge in [0.2, 0.25) is 0 Å². The number of hydrogen-bond acceptors (Lipinski definition) is 3. The maximum atomic E-state index is 12.6. The Hall–Kier alpha value is -2.39. The minimum Gasteiger partial charge on any atom is -0.280 e. The van der Waals surface area contributed by atoms with Gasteiger partial charge >= 0.3 is 6.18 Å². The van der Waals surface area contributed by atoms with Crippen molar-refractivity contribution < 1.29 is 21.6 Å². The van der Waals surface area contributed by atoms with Crippen molar-refractivity contribution in [3.8, 4) is 11.3 Å². The van der Waals surface area contributed by atoms with Gasteiger partial charge in [-0.15, -0.1) is 0 Å². The van der Waals surface area contributed by atoms with E-state index in [9.17, 15) is 21.6 Å². The van der Waals surface area contributed by atoms with Crippen LogP contribution in [0.2, 0.25) is 0 Å². The predicted molar refractivity (Wildman–Crippen MR) is 99.6 cm³/mol. The molecular weight excluding hydrogens is 445 g/mol. The molecule has 3 aromatic rings. The van der Waals surface area contributed by atoms with Crippen LogP contribution >= 0.6 is 15.9 Å². The lowest BCUT2D eigenvalue weighted by molar-refractivity contribution is -0.137. The molecule has 0 aliphatic rings. The summed E-state index contributed by atoms with van der Waals surface area (Å²) in [6, 6.07) is 14.6. The highest BCUT2D eigenvalue weighted by Gasteiger charge is 2.30. The highest BCUT2D eigenvalue weighted by Crippen LogP contribution is 2.30. The molecular formula is C18H12BrF3N2O2S. The summed E-state index contributed by atoms with van der Waals surface area (Å²) in [5.74, 6) is 0. The lowest BCUT2D eigenvalue weighted by atomic mass is 10.1. The smallest absolute Gasteiger partial charge is 0.280 e. The quantitative estimate of drug-likeness (QED) is 0.576. The Labute approximate surface area is 162 Å². The van der Waals surface area contributed by atoms with E-state index in [1.54, 1.807) is 30.3 Å². The van der Waals surface area contributed by atoms with E-state index < -0.39 is 21.8 Å². The van der Waals surface area contributed by atoms with Crippen LogP contribution in [0.1, 0.15) is 5.56 Å². The van der Waals surface area contributed by atoms with Crippen molar-refractivity contribution >= 4 is 31.6 Å². The Morgan fingerprint density at radius 2 is 1.67 bits per heavy atom. The molecule has 0 atom stereocenters. The summed E-state index contributed by atoms with van der Waals surface area (Å²) in [4.78, 5) is 3.91. The molecule has 9 heteroatoms. The van der Waals surface area contributed by atoms with E-state index in [1.807, 2.05) is 0 Å². The average Bonchev–Trinajstić information content (AvgIpc) is 2.61. The molecule has 3 rings (SSSR count). The third-order valence-corrected chi connectivity index (χ3v) is 5.55. The van der Waals surface area contributed by atoms with Gasteiger partial charge in [0.15, 0.2) is 0 Å². The van der Waals surface area contributed by atoms with Crippen LogP contribution in [0.15, 0.2) is 76.2 Å². The molecule has 0 saturated heterocycles. The lowest BCUT2D eigenvalue weighted by Gasteiger charge is -2.10. The number of halogens is 4. The van der Waals surface area contributed by atoms with Gasteiger partial charge in [0.05, 0.1) is 16.2 Å². The minimum atomic E-state index is -4.46. The van der Waals surface area contributed by atoms with E-state index in [2.05, 4.69) is 25.6 Å². The molecule has 0 unspecified atom stereocenters. The monoisotopic (exact) mass is 456 g/mol.